The van der Waals surface area contributed by atoms with E-state index in [9.17, 15) is 0 Å². The van der Waals surface area contributed by atoms with E-state index in [1.165, 1.54) is 23.9 Å². The molecular weight excluding hydrogens is 234 g/mol. The summed E-state index contributed by atoms with van der Waals surface area (Å²) in [7, 11) is 0. The predicted molar refractivity (Wildman–Crippen MR) is 79.1 cm³/mol. The van der Waals surface area contributed by atoms with E-state index in [0.717, 1.165) is 17.8 Å². The third-order valence-electron chi connectivity index (χ3n) is 4.34. The van der Waals surface area contributed by atoms with Crippen molar-refractivity contribution in [2.24, 2.45) is 11.7 Å². The van der Waals surface area contributed by atoms with E-state index in [2.05, 4.69) is 43.5 Å². The van der Waals surface area contributed by atoms with Crippen molar-refractivity contribution in [2.75, 3.05) is 0 Å². The Kier molecular flexibility index (Phi) is 3.09. The Balaban J connectivity index is 2.14. The predicted octanol–water partition coefficient (Wildman–Crippen LogP) is 3.73. The fourth-order valence-electron chi connectivity index (χ4n) is 2.69. The molecule has 0 aliphatic heterocycles. The molecule has 1 saturated carbocycles. The van der Waals surface area contributed by atoms with Crippen LogP contribution in [0.3, 0.4) is 0 Å². The second-order valence-electron chi connectivity index (χ2n) is 5.97. The minimum absolute atomic E-state index is 0.0401. The highest BCUT2D eigenvalue weighted by atomic mass is 15.1. The average molecular weight is 257 g/mol. The second-order valence-corrected chi connectivity index (χ2v) is 5.97. The van der Waals surface area contributed by atoms with Crippen molar-refractivity contribution in [1.29, 1.82) is 0 Å². The van der Waals surface area contributed by atoms with Gasteiger partial charge in [-0.2, -0.15) is 0 Å². The summed E-state index contributed by atoms with van der Waals surface area (Å²) in [5.74, 6) is 1.55. The maximum atomic E-state index is 6.43. The number of hydrogen-bond acceptors (Lipinski definition) is 2. The third-order valence-corrected chi connectivity index (χ3v) is 4.34. The minimum atomic E-state index is 0.0401. The molecule has 3 rings (SSSR count). The summed E-state index contributed by atoms with van der Waals surface area (Å²) < 4.78 is 2.39. The Morgan fingerprint density at radius 1 is 1.42 bits per heavy atom. The van der Waals surface area contributed by atoms with Gasteiger partial charge >= 0.3 is 0 Å². The molecule has 1 aromatic heterocycles. The van der Waals surface area contributed by atoms with Crippen molar-refractivity contribution in [3.8, 4) is 0 Å². The van der Waals surface area contributed by atoms with Gasteiger partial charge in [-0.1, -0.05) is 26.3 Å². The summed E-state index contributed by atoms with van der Waals surface area (Å²) in [5.41, 5.74) is 10.0. The van der Waals surface area contributed by atoms with Crippen LogP contribution in [0.1, 0.15) is 56.6 Å². The van der Waals surface area contributed by atoms with E-state index in [0.29, 0.717) is 12.0 Å². The number of rotatable bonds is 4. The van der Waals surface area contributed by atoms with Crippen LogP contribution in [0.5, 0.6) is 0 Å². The molecule has 2 atom stereocenters. The Morgan fingerprint density at radius 2 is 2.16 bits per heavy atom. The topological polar surface area (TPSA) is 43.8 Å². The standard InChI is InChI=1S/C16H23N3/c1-4-11(3)15(17)16-18-13-9-10(2)5-8-14(13)19(16)12-6-7-12/h5,8-9,11-12,15H,4,6-7,17H2,1-3H3. The normalized spacial score (nSPS) is 18.7. The maximum Gasteiger partial charge on any atom is 0.127 e. The van der Waals surface area contributed by atoms with Crippen molar-refractivity contribution in [2.45, 2.75) is 52.1 Å². The summed E-state index contributed by atoms with van der Waals surface area (Å²) in [4.78, 5) is 4.84. The van der Waals surface area contributed by atoms with Gasteiger partial charge in [0.25, 0.3) is 0 Å². The zero-order chi connectivity index (χ0) is 13.6. The molecule has 1 fully saturated rings. The van der Waals surface area contributed by atoms with Crippen molar-refractivity contribution in [1.82, 2.24) is 9.55 Å². The fraction of sp³-hybridized carbons (Fsp3) is 0.562. The van der Waals surface area contributed by atoms with Crippen LogP contribution in [0.4, 0.5) is 0 Å². The summed E-state index contributed by atoms with van der Waals surface area (Å²) in [6.07, 6.45) is 3.62. The van der Waals surface area contributed by atoms with E-state index >= 15 is 0 Å². The highest BCUT2D eigenvalue weighted by Gasteiger charge is 2.31. The summed E-state index contributed by atoms with van der Waals surface area (Å²) in [6.45, 7) is 6.52. The summed E-state index contributed by atoms with van der Waals surface area (Å²) in [6, 6.07) is 7.20. The molecule has 3 nitrogen and oxygen atoms in total. The van der Waals surface area contributed by atoms with E-state index in [1.807, 2.05) is 0 Å². The number of nitrogens with zero attached hydrogens (tertiary/aromatic N) is 2. The number of benzene rings is 1. The van der Waals surface area contributed by atoms with Gasteiger partial charge in [-0.3, -0.25) is 0 Å². The first-order chi connectivity index (χ1) is 9.11. The first-order valence-electron chi connectivity index (χ1n) is 7.36. The highest BCUT2D eigenvalue weighted by molar-refractivity contribution is 5.77. The van der Waals surface area contributed by atoms with Gasteiger partial charge in [-0.15, -0.1) is 0 Å². The fourth-order valence-corrected chi connectivity index (χ4v) is 2.69. The molecule has 2 unspecified atom stereocenters. The number of aryl methyl sites for hydroxylation is 1. The Morgan fingerprint density at radius 3 is 2.79 bits per heavy atom. The number of hydrogen-bond donors (Lipinski definition) is 1. The quantitative estimate of drug-likeness (QED) is 0.907. The second kappa shape index (κ2) is 4.64. The molecule has 102 valence electrons. The minimum Gasteiger partial charge on any atom is -0.324 e. The molecule has 0 amide bonds. The van der Waals surface area contributed by atoms with E-state index in [1.54, 1.807) is 0 Å². The largest absolute Gasteiger partial charge is 0.324 e. The Hall–Kier alpha value is -1.35. The van der Waals surface area contributed by atoms with Crippen LogP contribution in [-0.4, -0.2) is 9.55 Å². The molecule has 3 heteroatoms. The molecule has 2 aromatic rings. The highest BCUT2D eigenvalue weighted by Crippen LogP contribution is 2.40. The van der Waals surface area contributed by atoms with Gasteiger partial charge in [0, 0.05) is 6.04 Å². The van der Waals surface area contributed by atoms with Gasteiger partial charge in [0.2, 0.25) is 0 Å². The lowest BCUT2D eigenvalue weighted by Gasteiger charge is -2.19. The number of imidazole rings is 1. The number of nitrogens with two attached hydrogens (primary N) is 1. The van der Waals surface area contributed by atoms with Crippen LogP contribution in [0.15, 0.2) is 18.2 Å². The number of aromatic nitrogens is 2. The maximum absolute atomic E-state index is 6.43. The van der Waals surface area contributed by atoms with Crippen LogP contribution in [0.25, 0.3) is 11.0 Å². The van der Waals surface area contributed by atoms with Crippen LogP contribution < -0.4 is 5.73 Å². The molecule has 1 aliphatic rings. The van der Waals surface area contributed by atoms with Gasteiger partial charge in [0.05, 0.1) is 17.1 Å². The first kappa shape index (κ1) is 12.7. The summed E-state index contributed by atoms with van der Waals surface area (Å²) >= 11 is 0. The summed E-state index contributed by atoms with van der Waals surface area (Å²) in [5, 5.41) is 0. The monoisotopic (exact) mass is 257 g/mol. The van der Waals surface area contributed by atoms with Crippen LogP contribution in [-0.2, 0) is 0 Å². The van der Waals surface area contributed by atoms with Crippen LogP contribution >= 0.6 is 0 Å². The van der Waals surface area contributed by atoms with E-state index < -0.39 is 0 Å². The number of fused-ring (bicyclic) bond motifs is 1. The van der Waals surface area contributed by atoms with Crippen molar-refractivity contribution in [3.05, 3.63) is 29.6 Å². The van der Waals surface area contributed by atoms with E-state index in [4.69, 9.17) is 10.7 Å². The SMILES string of the molecule is CCC(C)C(N)c1nc2cc(C)ccc2n1C1CC1. The molecule has 0 radical (unpaired) electrons. The molecule has 1 aromatic carbocycles. The molecule has 0 spiro atoms. The van der Waals surface area contributed by atoms with Gasteiger partial charge in [0.1, 0.15) is 5.82 Å². The van der Waals surface area contributed by atoms with Gasteiger partial charge in [0.15, 0.2) is 0 Å². The molecule has 2 N–H and O–H groups in total. The average Bonchev–Trinajstić information content (AvgIpc) is 3.17. The first-order valence-corrected chi connectivity index (χ1v) is 7.36. The van der Waals surface area contributed by atoms with Crippen LogP contribution in [0, 0.1) is 12.8 Å². The zero-order valence-electron chi connectivity index (χ0n) is 12.1. The van der Waals surface area contributed by atoms with Crippen LogP contribution in [0.2, 0.25) is 0 Å². The molecule has 1 heterocycles. The van der Waals surface area contributed by atoms with Gasteiger partial charge < -0.3 is 10.3 Å². The molecule has 0 bridgehead atoms. The lowest BCUT2D eigenvalue weighted by atomic mass is 9.99. The van der Waals surface area contributed by atoms with Crippen molar-refractivity contribution in [3.63, 3.8) is 0 Å². The Labute approximate surface area is 114 Å². The lowest BCUT2D eigenvalue weighted by Crippen LogP contribution is -2.22. The van der Waals surface area contributed by atoms with Gasteiger partial charge in [-0.05, 0) is 43.4 Å². The van der Waals surface area contributed by atoms with Gasteiger partial charge in [-0.25, -0.2) is 4.98 Å². The Bertz CT molecular complexity index is 595. The van der Waals surface area contributed by atoms with Crippen molar-refractivity contribution < 1.29 is 0 Å². The zero-order valence-corrected chi connectivity index (χ0v) is 12.1. The molecule has 19 heavy (non-hydrogen) atoms. The lowest BCUT2D eigenvalue weighted by molar-refractivity contribution is 0.425. The van der Waals surface area contributed by atoms with E-state index in [-0.39, 0.29) is 6.04 Å². The molecule has 1 aliphatic carbocycles. The third kappa shape index (κ3) is 2.16. The molecule has 0 saturated heterocycles. The molecular formula is C16H23N3. The van der Waals surface area contributed by atoms with Crippen molar-refractivity contribution >= 4 is 11.0 Å². The smallest absolute Gasteiger partial charge is 0.127 e.